The van der Waals surface area contributed by atoms with Gasteiger partial charge in [-0.25, -0.2) is 17.8 Å². The standard InChI is InChI=1S/C20H21ClFN3O2S2/c1-13(2)10-17(14-6-4-3-5-7-14)24-18-12-16(22)19(11-15(18)21)29(26,27)25-20-23-8-9-28-20/h3-9,11-13,17,24H,10H2,1-2H3,(H,23,25)/t17-/m0/s1. The summed E-state index contributed by atoms with van der Waals surface area (Å²) in [5.74, 6) is -0.504. The quantitative estimate of drug-likeness (QED) is 0.443. The number of sulfonamides is 1. The van der Waals surface area contributed by atoms with Crippen LogP contribution in [0.25, 0.3) is 0 Å². The van der Waals surface area contributed by atoms with Gasteiger partial charge < -0.3 is 5.32 Å². The lowest BCUT2D eigenvalue weighted by molar-refractivity contribution is 0.530. The van der Waals surface area contributed by atoms with E-state index in [-0.39, 0.29) is 16.2 Å². The number of thiazole rings is 1. The van der Waals surface area contributed by atoms with Gasteiger partial charge >= 0.3 is 0 Å². The molecule has 29 heavy (non-hydrogen) atoms. The molecule has 1 atom stereocenters. The summed E-state index contributed by atoms with van der Waals surface area (Å²) in [5.41, 5.74) is 1.38. The summed E-state index contributed by atoms with van der Waals surface area (Å²) in [6.07, 6.45) is 2.25. The lowest BCUT2D eigenvalue weighted by atomic mass is 9.97. The van der Waals surface area contributed by atoms with Crippen LogP contribution in [-0.2, 0) is 10.0 Å². The molecule has 0 aliphatic heterocycles. The van der Waals surface area contributed by atoms with E-state index in [0.29, 0.717) is 11.6 Å². The summed E-state index contributed by atoms with van der Waals surface area (Å²) in [4.78, 5) is 3.33. The van der Waals surface area contributed by atoms with Crippen LogP contribution >= 0.6 is 22.9 Å². The van der Waals surface area contributed by atoms with Gasteiger partial charge in [-0.3, -0.25) is 4.72 Å². The molecule has 0 aliphatic rings. The summed E-state index contributed by atoms with van der Waals surface area (Å²) in [6.45, 7) is 4.19. The Morgan fingerprint density at radius 1 is 1.21 bits per heavy atom. The zero-order chi connectivity index (χ0) is 21.0. The molecular weight excluding hydrogens is 433 g/mol. The number of aromatic nitrogens is 1. The summed E-state index contributed by atoms with van der Waals surface area (Å²) < 4.78 is 42.0. The van der Waals surface area contributed by atoms with E-state index in [1.807, 2.05) is 30.3 Å². The highest BCUT2D eigenvalue weighted by Gasteiger charge is 2.23. The smallest absolute Gasteiger partial charge is 0.266 e. The molecule has 9 heteroatoms. The molecule has 2 N–H and O–H groups in total. The Bertz CT molecular complexity index is 1060. The molecule has 0 saturated heterocycles. The molecule has 0 fully saturated rings. The number of anilines is 2. The lowest BCUT2D eigenvalue weighted by Gasteiger charge is -2.23. The van der Waals surface area contributed by atoms with Crippen molar-refractivity contribution in [1.82, 2.24) is 4.98 Å². The topological polar surface area (TPSA) is 71.1 Å². The third kappa shape index (κ3) is 5.46. The van der Waals surface area contributed by atoms with Crippen molar-refractivity contribution in [2.75, 3.05) is 10.0 Å². The molecule has 5 nitrogen and oxygen atoms in total. The molecule has 3 aromatic rings. The maximum absolute atomic E-state index is 14.7. The second-order valence-corrected chi connectivity index (χ2v) is 9.89. The molecular formula is C20H21ClFN3O2S2. The van der Waals surface area contributed by atoms with E-state index in [0.717, 1.165) is 35.5 Å². The molecule has 0 bridgehead atoms. The molecule has 0 spiro atoms. The third-order valence-corrected chi connectivity index (χ3v) is 6.69. The minimum Gasteiger partial charge on any atom is -0.377 e. The van der Waals surface area contributed by atoms with Crippen molar-refractivity contribution in [3.63, 3.8) is 0 Å². The summed E-state index contributed by atoms with van der Waals surface area (Å²) in [7, 11) is -4.14. The van der Waals surface area contributed by atoms with Crippen LogP contribution in [0.3, 0.4) is 0 Å². The number of hydrogen-bond donors (Lipinski definition) is 2. The minimum atomic E-state index is -4.14. The van der Waals surface area contributed by atoms with Crippen LogP contribution < -0.4 is 10.0 Å². The Morgan fingerprint density at radius 3 is 2.55 bits per heavy atom. The average molecular weight is 454 g/mol. The van der Waals surface area contributed by atoms with Gasteiger partial charge in [-0.15, -0.1) is 11.3 Å². The summed E-state index contributed by atoms with van der Waals surface area (Å²) in [6, 6.07) is 11.9. The highest BCUT2D eigenvalue weighted by molar-refractivity contribution is 7.93. The van der Waals surface area contributed by atoms with E-state index >= 15 is 0 Å². The van der Waals surface area contributed by atoms with Gasteiger partial charge in [-0.05, 0) is 30.0 Å². The largest absolute Gasteiger partial charge is 0.377 e. The number of nitrogens with zero attached hydrogens (tertiary/aromatic N) is 1. The van der Waals surface area contributed by atoms with Crippen LogP contribution in [0.4, 0.5) is 15.2 Å². The first-order valence-corrected chi connectivity index (χ1v) is 11.7. The SMILES string of the molecule is CC(C)C[C@H](Nc1cc(F)c(S(=O)(=O)Nc2nccs2)cc1Cl)c1ccccc1. The van der Waals surface area contributed by atoms with Crippen LogP contribution in [0.15, 0.2) is 58.9 Å². The van der Waals surface area contributed by atoms with Crippen molar-refractivity contribution in [2.45, 2.75) is 31.2 Å². The fourth-order valence-corrected chi connectivity index (χ4v) is 5.07. The molecule has 0 amide bonds. The van der Waals surface area contributed by atoms with E-state index in [4.69, 9.17) is 11.6 Å². The first-order chi connectivity index (χ1) is 13.8. The predicted octanol–water partition coefficient (Wildman–Crippen LogP) is 5.94. The van der Waals surface area contributed by atoms with Gasteiger partial charge in [0, 0.05) is 11.6 Å². The van der Waals surface area contributed by atoms with Crippen molar-refractivity contribution < 1.29 is 12.8 Å². The van der Waals surface area contributed by atoms with Crippen LogP contribution in [0, 0.1) is 11.7 Å². The van der Waals surface area contributed by atoms with Gasteiger partial charge in [-0.2, -0.15) is 0 Å². The van der Waals surface area contributed by atoms with Crippen molar-refractivity contribution in [3.05, 3.63) is 70.4 Å². The van der Waals surface area contributed by atoms with Gasteiger partial charge in [0.15, 0.2) is 5.13 Å². The second-order valence-electron chi connectivity index (χ2n) is 6.94. The van der Waals surface area contributed by atoms with E-state index in [1.54, 1.807) is 5.38 Å². The number of rotatable bonds is 8. The Hall–Kier alpha value is -2.16. The van der Waals surface area contributed by atoms with Crippen LogP contribution in [0.2, 0.25) is 5.02 Å². The van der Waals surface area contributed by atoms with Gasteiger partial charge in [0.2, 0.25) is 0 Å². The van der Waals surface area contributed by atoms with E-state index in [2.05, 4.69) is 28.9 Å². The number of hydrogen-bond acceptors (Lipinski definition) is 5. The van der Waals surface area contributed by atoms with Crippen molar-refractivity contribution in [3.8, 4) is 0 Å². The Balaban J connectivity index is 1.90. The van der Waals surface area contributed by atoms with Crippen molar-refractivity contribution >= 4 is 43.8 Å². The molecule has 3 rings (SSSR count). The van der Waals surface area contributed by atoms with E-state index < -0.39 is 20.7 Å². The maximum Gasteiger partial charge on any atom is 0.266 e. The van der Waals surface area contributed by atoms with Gasteiger partial charge in [0.05, 0.1) is 16.8 Å². The number of benzene rings is 2. The molecule has 154 valence electrons. The molecule has 1 aromatic heterocycles. The Morgan fingerprint density at radius 2 is 1.93 bits per heavy atom. The highest BCUT2D eigenvalue weighted by atomic mass is 35.5. The fraction of sp³-hybridized carbons (Fsp3) is 0.250. The zero-order valence-corrected chi connectivity index (χ0v) is 18.3. The first-order valence-electron chi connectivity index (χ1n) is 8.99. The average Bonchev–Trinajstić information content (AvgIpc) is 3.16. The second kappa shape index (κ2) is 9.11. The van der Waals surface area contributed by atoms with E-state index in [9.17, 15) is 12.8 Å². The fourth-order valence-electron chi connectivity index (χ4n) is 2.91. The normalized spacial score (nSPS) is 12.7. The van der Waals surface area contributed by atoms with Crippen LogP contribution in [0.1, 0.15) is 31.9 Å². The maximum atomic E-state index is 14.7. The van der Waals surface area contributed by atoms with Gasteiger partial charge in [-0.1, -0.05) is 55.8 Å². The van der Waals surface area contributed by atoms with Crippen LogP contribution in [-0.4, -0.2) is 13.4 Å². The lowest BCUT2D eigenvalue weighted by Crippen LogP contribution is -2.16. The molecule has 0 aliphatic carbocycles. The van der Waals surface area contributed by atoms with Crippen molar-refractivity contribution in [2.24, 2.45) is 5.92 Å². The predicted molar refractivity (Wildman–Crippen MR) is 117 cm³/mol. The molecule has 2 aromatic carbocycles. The number of halogens is 2. The molecule has 0 saturated carbocycles. The minimum absolute atomic E-state index is 0.0935. The highest BCUT2D eigenvalue weighted by Crippen LogP contribution is 2.33. The van der Waals surface area contributed by atoms with Crippen molar-refractivity contribution in [1.29, 1.82) is 0 Å². The van der Waals surface area contributed by atoms with E-state index in [1.165, 1.54) is 6.20 Å². The monoisotopic (exact) mass is 453 g/mol. The molecule has 0 radical (unpaired) electrons. The van der Waals surface area contributed by atoms with Gasteiger partial charge in [0.1, 0.15) is 10.7 Å². The third-order valence-electron chi connectivity index (χ3n) is 4.20. The number of nitrogens with one attached hydrogen (secondary N) is 2. The summed E-state index contributed by atoms with van der Waals surface area (Å²) in [5, 5.41) is 5.16. The van der Waals surface area contributed by atoms with Crippen LogP contribution in [0.5, 0.6) is 0 Å². The Labute approximate surface area is 179 Å². The molecule has 0 unspecified atom stereocenters. The summed E-state index contributed by atoms with van der Waals surface area (Å²) >= 11 is 7.42. The molecule has 1 heterocycles. The van der Waals surface area contributed by atoms with Gasteiger partial charge in [0.25, 0.3) is 10.0 Å². The zero-order valence-electron chi connectivity index (χ0n) is 15.9. The Kier molecular flexibility index (Phi) is 6.77. The first kappa shape index (κ1) is 21.5.